The van der Waals surface area contributed by atoms with E-state index >= 15 is 0 Å². The summed E-state index contributed by atoms with van der Waals surface area (Å²) >= 11 is 0. The number of hydroxylamine groups is 2. The second-order valence-electron chi connectivity index (χ2n) is 9.45. The van der Waals surface area contributed by atoms with E-state index in [0.29, 0.717) is 23.0 Å². The summed E-state index contributed by atoms with van der Waals surface area (Å²) in [6.45, 7) is 0.252. The first-order valence-corrected chi connectivity index (χ1v) is 11.9. The van der Waals surface area contributed by atoms with Crippen molar-refractivity contribution < 1.29 is 29.3 Å². The van der Waals surface area contributed by atoms with Crippen molar-refractivity contribution in [3.63, 3.8) is 0 Å². The predicted molar refractivity (Wildman–Crippen MR) is 135 cm³/mol. The molecule has 3 aliphatic rings. The zero-order valence-corrected chi connectivity index (χ0v) is 19.9. The molecule has 37 heavy (non-hydrogen) atoms. The number of phenolic OH excluding ortho intramolecular Hbond substituents is 1. The number of aromatic hydroxyl groups is 1. The summed E-state index contributed by atoms with van der Waals surface area (Å²) in [5.74, 6) is 2.66. The third-order valence-corrected chi connectivity index (χ3v) is 7.45. The third kappa shape index (κ3) is 3.36. The van der Waals surface area contributed by atoms with Gasteiger partial charge >= 0.3 is 0 Å². The van der Waals surface area contributed by atoms with Gasteiger partial charge in [0.2, 0.25) is 13.6 Å². The molecule has 0 saturated heterocycles. The second kappa shape index (κ2) is 8.17. The molecule has 0 aromatic heterocycles. The number of phenols is 1. The van der Waals surface area contributed by atoms with E-state index in [1.807, 2.05) is 42.3 Å². The van der Waals surface area contributed by atoms with Crippen molar-refractivity contribution in [3.05, 3.63) is 77.0 Å². The van der Waals surface area contributed by atoms with Crippen LogP contribution < -0.4 is 23.8 Å². The Balaban J connectivity index is 1.46. The number of hydrogen-bond donors (Lipinski definition) is 2. The van der Waals surface area contributed by atoms with Gasteiger partial charge in [0.25, 0.3) is 0 Å². The Bertz CT molecular complexity index is 1540. The molecule has 9 heteroatoms. The summed E-state index contributed by atoms with van der Waals surface area (Å²) < 4.78 is 22.8. The topological polar surface area (TPSA) is 107 Å². The molecule has 3 aliphatic heterocycles. The molecular weight excluding hydrogens is 476 g/mol. The fraction of sp³-hybridized carbons (Fsp3) is 0.214. The van der Waals surface area contributed by atoms with E-state index < -0.39 is 12.1 Å². The number of nitrogens with zero attached hydrogens (tertiary/aromatic N) is 2. The van der Waals surface area contributed by atoms with Crippen LogP contribution in [-0.2, 0) is 6.42 Å². The largest absolute Gasteiger partial charge is 0.762 e. The number of hydrogen-bond acceptors (Lipinski definition) is 9. The van der Waals surface area contributed by atoms with Crippen molar-refractivity contribution in [1.29, 1.82) is 0 Å². The van der Waals surface area contributed by atoms with Crippen LogP contribution in [0.5, 0.6) is 28.7 Å². The van der Waals surface area contributed by atoms with E-state index in [0.717, 1.165) is 38.7 Å². The van der Waals surface area contributed by atoms with Crippen LogP contribution in [0.1, 0.15) is 17.2 Å². The van der Waals surface area contributed by atoms with Gasteiger partial charge < -0.3 is 39.4 Å². The average Bonchev–Trinajstić information content (AvgIpc) is 3.56. The Morgan fingerprint density at radius 2 is 1.62 bits per heavy atom. The Morgan fingerprint density at radius 3 is 2.41 bits per heavy atom. The number of ether oxygens (including phenoxy) is 4. The van der Waals surface area contributed by atoms with E-state index in [4.69, 9.17) is 18.9 Å². The van der Waals surface area contributed by atoms with E-state index in [9.17, 15) is 15.5 Å². The van der Waals surface area contributed by atoms with Crippen LogP contribution in [0.2, 0.25) is 0 Å². The first kappa shape index (κ1) is 22.1. The lowest BCUT2D eigenvalue weighted by Gasteiger charge is -2.46. The summed E-state index contributed by atoms with van der Waals surface area (Å²) in [4.78, 5) is 2.02. The standard InChI is InChI=1S/C28H23N2O7/c1-29-26-19(7-4-16-11-23-24(12-20(16)26)36-13-35-23)18-8-9-22-28(37-14-34-22)25(18)27(29)21(30(32)33)10-15-2-5-17(31)6-3-15/h2-9,11-12,21,27,31-32H,10,13-14H2,1H3/q-1. The highest BCUT2D eigenvalue weighted by molar-refractivity contribution is 6.05. The first-order chi connectivity index (χ1) is 18.0. The van der Waals surface area contributed by atoms with Crippen LogP contribution in [-0.4, -0.2) is 42.2 Å². The first-order valence-electron chi connectivity index (χ1n) is 11.9. The van der Waals surface area contributed by atoms with Gasteiger partial charge in [-0.3, -0.25) is 5.23 Å². The zero-order chi connectivity index (χ0) is 25.3. The molecule has 0 aliphatic carbocycles. The quantitative estimate of drug-likeness (QED) is 0.377. The van der Waals surface area contributed by atoms with Gasteiger partial charge in [0.05, 0.1) is 17.8 Å². The molecule has 4 aromatic rings. The molecule has 4 aromatic carbocycles. The number of fused-ring (bicyclic) bond motifs is 8. The van der Waals surface area contributed by atoms with Crippen molar-refractivity contribution in [2.24, 2.45) is 0 Å². The van der Waals surface area contributed by atoms with Crippen LogP contribution in [0.4, 0.5) is 5.69 Å². The fourth-order valence-corrected chi connectivity index (χ4v) is 5.78. The molecule has 2 unspecified atom stereocenters. The molecule has 0 spiro atoms. The van der Waals surface area contributed by atoms with Crippen molar-refractivity contribution in [3.8, 4) is 39.9 Å². The van der Waals surface area contributed by atoms with E-state index in [1.54, 1.807) is 24.3 Å². The lowest BCUT2D eigenvalue weighted by atomic mass is 9.81. The Morgan fingerprint density at radius 1 is 0.919 bits per heavy atom. The van der Waals surface area contributed by atoms with Crippen molar-refractivity contribution >= 4 is 16.5 Å². The molecule has 0 saturated carbocycles. The zero-order valence-electron chi connectivity index (χ0n) is 19.9. The van der Waals surface area contributed by atoms with Crippen LogP contribution in [0.25, 0.3) is 21.9 Å². The molecule has 9 nitrogen and oxygen atoms in total. The van der Waals surface area contributed by atoms with E-state index in [2.05, 4.69) is 6.07 Å². The molecule has 2 atom stereocenters. The summed E-state index contributed by atoms with van der Waals surface area (Å²) in [6.07, 6.45) is 0.228. The van der Waals surface area contributed by atoms with Crippen molar-refractivity contribution in [1.82, 2.24) is 5.23 Å². The molecule has 3 heterocycles. The van der Waals surface area contributed by atoms with Gasteiger partial charge in [-0.2, -0.15) is 0 Å². The Labute approximate surface area is 212 Å². The molecule has 0 amide bonds. The maximum atomic E-state index is 12.8. The number of rotatable bonds is 4. The van der Waals surface area contributed by atoms with Crippen molar-refractivity contribution in [2.75, 3.05) is 25.5 Å². The van der Waals surface area contributed by atoms with E-state index in [-0.39, 0.29) is 31.0 Å². The summed E-state index contributed by atoms with van der Waals surface area (Å²) in [7, 11) is 1.92. The molecule has 0 radical (unpaired) electrons. The van der Waals surface area contributed by atoms with Crippen LogP contribution in [0, 0.1) is 5.21 Å². The van der Waals surface area contributed by atoms with Crippen molar-refractivity contribution in [2.45, 2.75) is 18.5 Å². The summed E-state index contributed by atoms with van der Waals surface area (Å²) in [5, 5.41) is 34.9. The lowest BCUT2D eigenvalue weighted by molar-refractivity contribution is -0.0867. The number of benzene rings is 4. The van der Waals surface area contributed by atoms with Gasteiger partial charge in [-0.1, -0.05) is 24.3 Å². The highest BCUT2D eigenvalue weighted by atomic mass is 16.8. The number of anilines is 1. The van der Waals surface area contributed by atoms with Gasteiger partial charge in [0, 0.05) is 23.6 Å². The maximum absolute atomic E-state index is 12.8. The van der Waals surface area contributed by atoms with Gasteiger partial charge in [0.15, 0.2) is 23.0 Å². The lowest BCUT2D eigenvalue weighted by Crippen LogP contribution is -2.45. The minimum atomic E-state index is -0.901. The van der Waals surface area contributed by atoms with Crippen LogP contribution in [0.15, 0.2) is 60.7 Å². The molecule has 0 bridgehead atoms. The SMILES string of the molecule is CN1c2c(ccc3cc4c(cc23)OCO4)-c2ccc3c(c2C1C(Cc1ccc(O)cc1)N([O-])O)OCO3. The Kier molecular flexibility index (Phi) is 4.87. The highest BCUT2D eigenvalue weighted by Gasteiger charge is 2.40. The molecule has 2 N–H and O–H groups in total. The monoisotopic (exact) mass is 499 g/mol. The van der Waals surface area contributed by atoms with Crippen LogP contribution >= 0.6 is 0 Å². The predicted octanol–water partition coefficient (Wildman–Crippen LogP) is 4.96. The Hall–Kier alpha value is -4.18. The molecule has 188 valence electrons. The smallest absolute Gasteiger partial charge is 0.231 e. The fourth-order valence-electron chi connectivity index (χ4n) is 5.78. The normalized spacial score (nSPS) is 17.7. The minimum Gasteiger partial charge on any atom is -0.762 e. The van der Waals surface area contributed by atoms with E-state index in [1.165, 1.54) is 0 Å². The second-order valence-corrected chi connectivity index (χ2v) is 9.45. The molecule has 0 fully saturated rings. The highest BCUT2D eigenvalue weighted by Crippen LogP contribution is 2.55. The van der Waals surface area contributed by atoms with Gasteiger partial charge in [-0.15, -0.1) is 0 Å². The van der Waals surface area contributed by atoms with Crippen LogP contribution in [0.3, 0.4) is 0 Å². The minimum absolute atomic E-state index is 0.0256. The number of likely N-dealkylation sites (N-methyl/N-ethyl adjacent to an activating group) is 1. The average molecular weight is 499 g/mol. The van der Waals surface area contributed by atoms with Gasteiger partial charge in [-0.25, -0.2) is 0 Å². The molecular formula is C28H23N2O7-. The summed E-state index contributed by atoms with van der Waals surface area (Å²) in [6, 6.07) is 17.0. The van der Waals surface area contributed by atoms with Gasteiger partial charge in [0.1, 0.15) is 5.75 Å². The molecule has 7 rings (SSSR count). The third-order valence-electron chi connectivity index (χ3n) is 7.45. The summed E-state index contributed by atoms with van der Waals surface area (Å²) in [5.41, 5.74) is 4.36. The van der Waals surface area contributed by atoms with Gasteiger partial charge in [-0.05, 0) is 59.3 Å². The maximum Gasteiger partial charge on any atom is 0.231 e.